The highest BCUT2D eigenvalue weighted by atomic mass is 35.5. The lowest BCUT2D eigenvalue weighted by Gasteiger charge is -2.12. The predicted octanol–water partition coefficient (Wildman–Crippen LogP) is 4.24. The van der Waals surface area contributed by atoms with Gasteiger partial charge in [0.15, 0.2) is 11.6 Å². The van der Waals surface area contributed by atoms with Crippen molar-refractivity contribution in [3.05, 3.63) is 40.9 Å². The van der Waals surface area contributed by atoms with Crippen molar-refractivity contribution in [3.63, 3.8) is 0 Å². The van der Waals surface area contributed by atoms with Crippen LogP contribution in [0.4, 0.5) is 30.5 Å². The molecule has 1 saturated carbocycles. The molecular weight excluding hydrogens is 345 g/mol. The number of aromatic nitrogens is 2. The van der Waals surface area contributed by atoms with Gasteiger partial charge in [-0.25, -0.2) is 0 Å². The molecule has 1 amide bonds. The molecule has 2 aromatic rings. The van der Waals surface area contributed by atoms with Crippen LogP contribution in [0.3, 0.4) is 0 Å². The Morgan fingerprint density at radius 1 is 1.12 bits per heavy atom. The summed E-state index contributed by atoms with van der Waals surface area (Å²) in [6, 6.07) is 6.49. The molecule has 1 fully saturated rings. The number of benzene rings is 1. The Kier molecular flexibility index (Phi) is 4.31. The van der Waals surface area contributed by atoms with E-state index in [1.165, 1.54) is 18.2 Å². The molecule has 0 saturated heterocycles. The minimum atomic E-state index is -4.54. The first kappa shape index (κ1) is 16.5. The van der Waals surface area contributed by atoms with Crippen molar-refractivity contribution in [3.8, 4) is 0 Å². The molecule has 126 valence electrons. The maximum absolute atomic E-state index is 12.8. The van der Waals surface area contributed by atoms with E-state index in [-0.39, 0.29) is 28.4 Å². The molecule has 5 nitrogen and oxygen atoms in total. The largest absolute Gasteiger partial charge is 0.417 e. The highest BCUT2D eigenvalue weighted by Crippen LogP contribution is 2.36. The van der Waals surface area contributed by atoms with Gasteiger partial charge in [0.05, 0.1) is 10.6 Å². The van der Waals surface area contributed by atoms with E-state index in [1.54, 1.807) is 0 Å². The molecule has 2 N–H and O–H groups in total. The number of carbonyl (C=O) groups is 1. The zero-order chi connectivity index (χ0) is 17.3. The lowest BCUT2D eigenvalue weighted by atomic mass is 10.2. The molecular formula is C15H12ClF3N4O. The molecule has 0 aliphatic heterocycles. The highest BCUT2D eigenvalue weighted by molar-refractivity contribution is 6.31. The van der Waals surface area contributed by atoms with Gasteiger partial charge >= 0.3 is 6.18 Å². The van der Waals surface area contributed by atoms with Crippen LogP contribution in [0, 0.1) is 5.92 Å². The molecule has 1 aliphatic carbocycles. The average Bonchev–Trinajstić information content (AvgIpc) is 3.35. The first-order chi connectivity index (χ1) is 11.3. The summed E-state index contributed by atoms with van der Waals surface area (Å²) < 4.78 is 38.5. The minimum absolute atomic E-state index is 0.0412. The van der Waals surface area contributed by atoms with E-state index in [0.717, 1.165) is 25.0 Å². The molecule has 3 rings (SSSR count). The van der Waals surface area contributed by atoms with Gasteiger partial charge in [-0.05, 0) is 43.2 Å². The number of anilines is 3. The molecule has 1 heterocycles. The Balaban J connectivity index is 1.70. The quantitative estimate of drug-likeness (QED) is 0.859. The smallest absolute Gasteiger partial charge is 0.339 e. The van der Waals surface area contributed by atoms with Gasteiger partial charge in [-0.15, -0.1) is 10.2 Å². The number of amides is 1. The van der Waals surface area contributed by atoms with E-state index in [1.807, 2.05) is 0 Å². The number of halogens is 4. The van der Waals surface area contributed by atoms with E-state index in [2.05, 4.69) is 20.8 Å². The van der Waals surface area contributed by atoms with E-state index >= 15 is 0 Å². The van der Waals surface area contributed by atoms with Crippen LogP contribution in [0.25, 0.3) is 0 Å². The molecule has 1 aliphatic rings. The van der Waals surface area contributed by atoms with Gasteiger partial charge in [0, 0.05) is 11.6 Å². The Labute approximate surface area is 140 Å². The third-order valence-corrected chi connectivity index (χ3v) is 3.74. The number of carbonyl (C=O) groups excluding carboxylic acids is 1. The second-order valence-corrected chi connectivity index (χ2v) is 5.79. The average molecular weight is 357 g/mol. The molecule has 24 heavy (non-hydrogen) atoms. The lowest BCUT2D eigenvalue weighted by molar-refractivity contribution is -0.137. The Bertz CT molecular complexity index is 760. The van der Waals surface area contributed by atoms with Gasteiger partial charge in [0.2, 0.25) is 5.91 Å². The molecule has 0 bridgehead atoms. The Morgan fingerprint density at radius 2 is 1.79 bits per heavy atom. The first-order valence-electron chi connectivity index (χ1n) is 7.11. The zero-order valence-electron chi connectivity index (χ0n) is 12.2. The van der Waals surface area contributed by atoms with Crippen LogP contribution in [0.2, 0.25) is 5.02 Å². The van der Waals surface area contributed by atoms with Gasteiger partial charge in [-0.1, -0.05) is 11.6 Å². The van der Waals surface area contributed by atoms with Gasteiger partial charge < -0.3 is 10.6 Å². The maximum Gasteiger partial charge on any atom is 0.417 e. The summed E-state index contributed by atoms with van der Waals surface area (Å²) in [6.45, 7) is 0. The number of hydrogen-bond donors (Lipinski definition) is 2. The normalized spacial score (nSPS) is 14.3. The van der Waals surface area contributed by atoms with Crippen molar-refractivity contribution in [2.45, 2.75) is 19.0 Å². The van der Waals surface area contributed by atoms with E-state index in [9.17, 15) is 18.0 Å². The standard InChI is InChI=1S/C15H12ClF3N4O/c16-11-4-3-9(7-10(11)15(17,18)19)20-12-5-6-13(23-22-12)21-14(24)8-1-2-8/h3-8H,1-2H2,(H,20,22)(H,21,23,24). The SMILES string of the molecule is O=C(Nc1ccc(Nc2ccc(Cl)c(C(F)(F)F)c2)nn1)C1CC1. The van der Waals surface area contributed by atoms with Gasteiger partial charge in [0.25, 0.3) is 0 Å². The van der Waals surface area contributed by atoms with Crippen molar-refractivity contribution in [2.75, 3.05) is 10.6 Å². The van der Waals surface area contributed by atoms with Crippen LogP contribution in [0.15, 0.2) is 30.3 Å². The molecule has 1 aromatic heterocycles. The zero-order valence-corrected chi connectivity index (χ0v) is 12.9. The molecule has 9 heteroatoms. The molecule has 0 atom stereocenters. The number of alkyl halides is 3. The fourth-order valence-corrected chi connectivity index (χ4v) is 2.23. The Morgan fingerprint density at radius 3 is 2.38 bits per heavy atom. The summed E-state index contributed by atoms with van der Waals surface area (Å²) >= 11 is 5.57. The second-order valence-electron chi connectivity index (χ2n) is 5.38. The fraction of sp³-hybridized carbons (Fsp3) is 0.267. The van der Waals surface area contributed by atoms with E-state index in [4.69, 9.17) is 11.6 Å². The third-order valence-electron chi connectivity index (χ3n) is 3.41. The highest BCUT2D eigenvalue weighted by Gasteiger charge is 2.33. The summed E-state index contributed by atoms with van der Waals surface area (Å²) in [5.74, 6) is 0.483. The topological polar surface area (TPSA) is 66.9 Å². The number of rotatable bonds is 4. The first-order valence-corrected chi connectivity index (χ1v) is 7.49. The summed E-state index contributed by atoms with van der Waals surface area (Å²) in [7, 11) is 0. The van der Waals surface area contributed by atoms with Gasteiger partial charge in [-0.3, -0.25) is 4.79 Å². The Hall–Kier alpha value is -2.35. The van der Waals surface area contributed by atoms with Crippen molar-refractivity contribution in [1.29, 1.82) is 0 Å². The van der Waals surface area contributed by atoms with Crippen molar-refractivity contribution in [1.82, 2.24) is 10.2 Å². The summed E-state index contributed by atoms with van der Waals surface area (Å²) in [5, 5.41) is 12.6. The van der Waals surface area contributed by atoms with Crippen LogP contribution in [-0.2, 0) is 11.0 Å². The second kappa shape index (κ2) is 6.27. The van der Waals surface area contributed by atoms with Crippen LogP contribution >= 0.6 is 11.6 Å². The fourth-order valence-electron chi connectivity index (χ4n) is 2.01. The van der Waals surface area contributed by atoms with Crippen LogP contribution in [-0.4, -0.2) is 16.1 Å². The van der Waals surface area contributed by atoms with Crippen molar-refractivity contribution < 1.29 is 18.0 Å². The number of hydrogen-bond acceptors (Lipinski definition) is 4. The lowest BCUT2D eigenvalue weighted by Crippen LogP contribution is -2.14. The maximum atomic E-state index is 12.8. The summed E-state index contributed by atoms with van der Waals surface area (Å²) in [6.07, 6.45) is -2.80. The molecule has 0 radical (unpaired) electrons. The van der Waals surface area contributed by atoms with Crippen LogP contribution < -0.4 is 10.6 Å². The molecule has 0 unspecified atom stereocenters. The number of nitrogens with one attached hydrogen (secondary N) is 2. The number of nitrogens with zero attached hydrogens (tertiary/aromatic N) is 2. The minimum Gasteiger partial charge on any atom is -0.339 e. The van der Waals surface area contributed by atoms with Crippen LogP contribution in [0.5, 0.6) is 0 Å². The van der Waals surface area contributed by atoms with Gasteiger partial charge in [0.1, 0.15) is 0 Å². The van der Waals surface area contributed by atoms with Crippen molar-refractivity contribution >= 4 is 34.8 Å². The van der Waals surface area contributed by atoms with Crippen LogP contribution in [0.1, 0.15) is 18.4 Å². The summed E-state index contributed by atoms with van der Waals surface area (Å²) in [5.41, 5.74) is -0.758. The molecule has 0 spiro atoms. The summed E-state index contributed by atoms with van der Waals surface area (Å²) in [4.78, 5) is 11.6. The van der Waals surface area contributed by atoms with Gasteiger partial charge in [-0.2, -0.15) is 13.2 Å². The molecule has 1 aromatic carbocycles. The predicted molar refractivity (Wildman–Crippen MR) is 83.1 cm³/mol. The third kappa shape index (κ3) is 3.94. The van der Waals surface area contributed by atoms with E-state index in [0.29, 0.717) is 5.82 Å². The van der Waals surface area contributed by atoms with Crippen molar-refractivity contribution in [2.24, 2.45) is 5.92 Å². The van der Waals surface area contributed by atoms with E-state index < -0.39 is 11.7 Å². The monoisotopic (exact) mass is 356 g/mol.